The van der Waals surface area contributed by atoms with E-state index >= 15 is 0 Å². The van der Waals surface area contributed by atoms with E-state index in [4.69, 9.17) is 10.5 Å². The van der Waals surface area contributed by atoms with Gasteiger partial charge < -0.3 is 10.5 Å². The van der Waals surface area contributed by atoms with Crippen LogP contribution in [0.2, 0.25) is 0 Å². The van der Waals surface area contributed by atoms with Crippen LogP contribution in [0.4, 0.5) is 22.0 Å². The molecule has 1 saturated heterocycles. The van der Waals surface area contributed by atoms with Crippen LogP contribution < -0.4 is 5.73 Å². The number of hydrogen-bond acceptors (Lipinski definition) is 2. The van der Waals surface area contributed by atoms with Gasteiger partial charge in [0.1, 0.15) is 0 Å². The number of ether oxygens (including phenoxy) is 1. The van der Waals surface area contributed by atoms with Gasteiger partial charge >= 0.3 is 0 Å². The molecule has 1 fully saturated rings. The molecule has 1 atom stereocenters. The summed E-state index contributed by atoms with van der Waals surface area (Å²) in [5.74, 6) is -10.2. The van der Waals surface area contributed by atoms with Crippen LogP contribution in [-0.2, 0) is 4.74 Å². The van der Waals surface area contributed by atoms with Crippen molar-refractivity contribution in [2.75, 3.05) is 13.2 Å². The largest absolute Gasteiger partial charge is 0.381 e. The van der Waals surface area contributed by atoms with E-state index in [0.29, 0.717) is 26.1 Å². The predicted molar refractivity (Wildman–Crippen MR) is 56.7 cm³/mol. The first-order valence-corrected chi connectivity index (χ1v) is 5.79. The Labute approximate surface area is 106 Å². The Morgan fingerprint density at radius 3 is 1.74 bits per heavy atom. The van der Waals surface area contributed by atoms with Crippen LogP contribution in [0, 0.1) is 35.0 Å². The van der Waals surface area contributed by atoms with Crippen molar-refractivity contribution in [1.82, 2.24) is 0 Å². The lowest BCUT2D eigenvalue weighted by Crippen LogP contribution is -2.29. The van der Waals surface area contributed by atoms with Crippen LogP contribution >= 0.6 is 0 Å². The smallest absolute Gasteiger partial charge is 0.200 e. The van der Waals surface area contributed by atoms with Gasteiger partial charge in [-0.3, -0.25) is 0 Å². The van der Waals surface area contributed by atoms with Gasteiger partial charge in [-0.05, 0) is 18.8 Å². The fraction of sp³-hybridized carbons (Fsp3) is 0.500. The summed E-state index contributed by atoms with van der Waals surface area (Å²) in [6.45, 7) is 0.710. The summed E-state index contributed by atoms with van der Waals surface area (Å²) in [4.78, 5) is 0. The van der Waals surface area contributed by atoms with E-state index in [0.717, 1.165) is 0 Å². The molecule has 1 aromatic carbocycles. The summed E-state index contributed by atoms with van der Waals surface area (Å²) in [5.41, 5.74) is 4.73. The van der Waals surface area contributed by atoms with Gasteiger partial charge in [0.05, 0.1) is 0 Å². The molecular formula is C12H12F5NO. The summed E-state index contributed by atoms with van der Waals surface area (Å²) in [5, 5.41) is 0. The minimum absolute atomic E-state index is 0.355. The minimum Gasteiger partial charge on any atom is -0.381 e. The van der Waals surface area contributed by atoms with E-state index in [-0.39, 0.29) is 5.92 Å². The zero-order chi connectivity index (χ0) is 14.2. The predicted octanol–water partition coefficient (Wildman–Crippen LogP) is 2.81. The normalized spacial score (nSPS) is 18.6. The van der Waals surface area contributed by atoms with Gasteiger partial charge in [0, 0.05) is 24.8 Å². The third-order valence-electron chi connectivity index (χ3n) is 3.35. The lowest BCUT2D eigenvalue weighted by molar-refractivity contribution is 0.0573. The molecule has 7 heteroatoms. The molecule has 2 N–H and O–H groups in total. The average molecular weight is 281 g/mol. The van der Waals surface area contributed by atoms with E-state index < -0.39 is 40.7 Å². The quantitative estimate of drug-likeness (QED) is 0.514. The number of rotatable bonds is 2. The maximum atomic E-state index is 13.6. The Kier molecular flexibility index (Phi) is 4.05. The molecule has 0 radical (unpaired) electrons. The maximum absolute atomic E-state index is 13.6. The van der Waals surface area contributed by atoms with Gasteiger partial charge in [-0.25, -0.2) is 22.0 Å². The minimum atomic E-state index is -2.17. The van der Waals surface area contributed by atoms with Gasteiger partial charge in [-0.1, -0.05) is 0 Å². The third kappa shape index (κ3) is 2.44. The molecule has 19 heavy (non-hydrogen) atoms. The van der Waals surface area contributed by atoms with Crippen molar-refractivity contribution in [3.8, 4) is 0 Å². The highest BCUT2D eigenvalue weighted by molar-refractivity contribution is 5.27. The Balaban J connectivity index is 2.43. The van der Waals surface area contributed by atoms with E-state index in [9.17, 15) is 22.0 Å². The molecule has 0 aromatic heterocycles. The molecule has 2 rings (SSSR count). The number of hydrogen-bond donors (Lipinski definition) is 1. The van der Waals surface area contributed by atoms with Crippen molar-refractivity contribution in [3.63, 3.8) is 0 Å². The molecule has 1 unspecified atom stereocenters. The van der Waals surface area contributed by atoms with Crippen molar-refractivity contribution >= 4 is 0 Å². The zero-order valence-electron chi connectivity index (χ0n) is 9.86. The SMILES string of the molecule is NC(c1c(F)c(F)c(F)c(F)c1F)C1CCOCC1. The molecule has 1 aliphatic rings. The molecule has 0 bridgehead atoms. The van der Waals surface area contributed by atoms with Crippen molar-refractivity contribution in [2.24, 2.45) is 11.7 Å². The Morgan fingerprint density at radius 1 is 0.842 bits per heavy atom. The summed E-state index contributed by atoms with van der Waals surface area (Å²) in [6.07, 6.45) is 0.835. The number of halogens is 5. The van der Waals surface area contributed by atoms with E-state index in [1.54, 1.807) is 0 Å². The first kappa shape index (κ1) is 14.2. The van der Waals surface area contributed by atoms with Gasteiger partial charge in [0.25, 0.3) is 0 Å². The second-order valence-corrected chi connectivity index (χ2v) is 4.46. The standard InChI is InChI=1S/C12H12F5NO/c13-7-6(8(14)10(16)11(17)9(7)15)12(18)5-1-3-19-4-2-5/h5,12H,1-4,18H2. The third-order valence-corrected chi connectivity index (χ3v) is 3.35. The molecule has 1 aromatic rings. The summed E-state index contributed by atoms with van der Waals surface area (Å²) >= 11 is 0. The van der Waals surface area contributed by atoms with Crippen LogP contribution in [-0.4, -0.2) is 13.2 Å². The molecule has 0 spiro atoms. The molecular weight excluding hydrogens is 269 g/mol. The highest BCUT2D eigenvalue weighted by Gasteiger charge is 2.33. The van der Waals surface area contributed by atoms with Crippen molar-refractivity contribution in [2.45, 2.75) is 18.9 Å². The highest BCUT2D eigenvalue weighted by Crippen LogP contribution is 2.33. The number of nitrogens with two attached hydrogens (primary N) is 1. The Bertz CT molecular complexity index is 458. The maximum Gasteiger partial charge on any atom is 0.200 e. The van der Waals surface area contributed by atoms with Crippen molar-refractivity contribution < 1.29 is 26.7 Å². The molecule has 0 saturated carbocycles. The highest BCUT2D eigenvalue weighted by atomic mass is 19.2. The first-order valence-electron chi connectivity index (χ1n) is 5.79. The van der Waals surface area contributed by atoms with E-state index in [1.165, 1.54) is 0 Å². The topological polar surface area (TPSA) is 35.2 Å². The summed E-state index contributed by atoms with van der Waals surface area (Å²) in [7, 11) is 0. The van der Waals surface area contributed by atoms with Gasteiger partial charge in [0.15, 0.2) is 23.3 Å². The van der Waals surface area contributed by atoms with Crippen LogP contribution in [0.25, 0.3) is 0 Å². The molecule has 2 nitrogen and oxygen atoms in total. The van der Waals surface area contributed by atoms with Crippen LogP contribution in [0.3, 0.4) is 0 Å². The number of benzene rings is 1. The van der Waals surface area contributed by atoms with Crippen LogP contribution in [0.15, 0.2) is 0 Å². The summed E-state index contributed by atoms with van der Waals surface area (Å²) < 4.78 is 71.3. The Hall–Kier alpha value is -1.21. The monoisotopic (exact) mass is 281 g/mol. The summed E-state index contributed by atoms with van der Waals surface area (Å²) in [6, 6.07) is -1.24. The molecule has 0 amide bonds. The molecule has 106 valence electrons. The average Bonchev–Trinajstić information content (AvgIpc) is 2.44. The second kappa shape index (κ2) is 5.42. The van der Waals surface area contributed by atoms with Gasteiger partial charge in [-0.15, -0.1) is 0 Å². The first-order chi connectivity index (χ1) is 8.95. The molecule has 1 aliphatic heterocycles. The Morgan fingerprint density at radius 2 is 1.26 bits per heavy atom. The fourth-order valence-corrected chi connectivity index (χ4v) is 2.23. The van der Waals surface area contributed by atoms with Crippen molar-refractivity contribution in [3.05, 3.63) is 34.6 Å². The molecule has 0 aliphatic carbocycles. The lowest BCUT2D eigenvalue weighted by Gasteiger charge is -2.28. The van der Waals surface area contributed by atoms with Crippen LogP contribution in [0.1, 0.15) is 24.4 Å². The van der Waals surface area contributed by atoms with Gasteiger partial charge in [-0.2, -0.15) is 0 Å². The zero-order valence-corrected chi connectivity index (χ0v) is 9.86. The van der Waals surface area contributed by atoms with Crippen molar-refractivity contribution in [1.29, 1.82) is 0 Å². The second-order valence-electron chi connectivity index (χ2n) is 4.46. The van der Waals surface area contributed by atoms with E-state index in [2.05, 4.69) is 0 Å². The van der Waals surface area contributed by atoms with E-state index in [1.807, 2.05) is 0 Å². The van der Waals surface area contributed by atoms with Gasteiger partial charge in [0.2, 0.25) is 5.82 Å². The van der Waals surface area contributed by atoms with Crippen LogP contribution in [0.5, 0.6) is 0 Å². The lowest BCUT2D eigenvalue weighted by atomic mass is 9.87. The fourth-order valence-electron chi connectivity index (χ4n) is 2.23. The molecule has 1 heterocycles.